The first-order valence-electron chi connectivity index (χ1n) is 4.86. The van der Waals surface area contributed by atoms with Crippen LogP contribution in [0.1, 0.15) is 32.6 Å². The fourth-order valence-corrected chi connectivity index (χ4v) is 1.14. The second kappa shape index (κ2) is 8.38. The summed E-state index contributed by atoms with van der Waals surface area (Å²) < 4.78 is 0. The van der Waals surface area contributed by atoms with Crippen LogP contribution in [0.4, 0.5) is 0 Å². The molecule has 0 spiro atoms. The Morgan fingerprint density at radius 2 is 2.15 bits per heavy atom. The van der Waals surface area contributed by atoms with Gasteiger partial charge in [0.2, 0.25) is 5.91 Å². The maximum Gasteiger partial charge on any atom is 0.237 e. The van der Waals surface area contributed by atoms with Gasteiger partial charge in [0.05, 0.1) is 6.04 Å². The monoisotopic (exact) mass is 204 g/mol. The molecule has 0 radical (unpaired) electrons. The molecule has 0 aromatic rings. The number of carbonyl (C=O) groups excluding carboxylic acids is 1. The van der Waals surface area contributed by atoms with Crippen LogP contribution in [0.5, 0.6) is 0 Å². The van der Waals surface area contributed by atoms with Crippen LogP contribution in [0.3, 0.4) is 0 Å². The molecule has 0 aliphatic heterocycles. The highest BCUT2D eigenvalue weighted by Crippen LogP contribution is 1.97. The van der Waals surface area contributed by atoms with Gasteiger partial charge in [0.25, 0.3) is 0 Å². The molecule has 3 N–H and O–H groups in total. The van der Waals surface area contributed by atoms with Crippen molar-refractivity contribution in [2.45, 2.75) is 38.6 Å². The molecule has 1 unspecified atom stereocenters. The average molecular weight is 204 g/mol. The summed E-state index contributed by atoms with van der Waals surface area (Å²) in [6, 6.07) is -0.463. The zero-order valence-electron chi connectivity index (χ0n) is 8.25. The van der Waals surface area contributed by atoms with E-state index < -0.39 is 6.04 Å². The van der Waals surface area contributed by atoms with Crippen LogP contribution in [0, 0.1) is 0 Å². The normalized spacial score (nSPS) is 12.5. The molecular weight excluding hydrogens is 184 g/mol. The van der Waals surface area contributed by atoms with Gasteiger partial charge in [-0.1, -0.05) is 26.2 Å². The van der Waals surface area contributed by atoms with Crippen molar-refractivity contribution in [3.8, 4) is 0 Å². The Hall–Kier alpha value is -0.220. The van der Waals surface area contributed by atoms with E-state index in [-0.39, 0.29) is 5.91 Å². The predicted molar refractivity (Wildman–Crippen MR) is 59.0 cm³/mol. The molecule has 4 heteroatoms. The van der Waals surface area contributed by atoms with E-state index in [0.717, 1.165) is 13.0 Å². The third-order valence-electron chi connectivity index (χ3n) is 1.86. The molecule has 0 aliphatic carbocycles. The van der Waals surface area contributed by atoms with E-state index in [0.29, 0.717) is 5.75 Å². The van der Waals surface area contributed by atoms with Crippen molar-refractivity contribution in [1.82, 2.24) is 5.32 Å². The zero-order valence-corrected chi connectivity index (χ0v) is 9.15. The molecular formula is C9H20N2OS. The smallest absolute Gasteiger partial charge is 0.237 e. The molecule has 0 rings (SSSR count). The van der Waals surface area contributed by atoms with Gasteiger partial charge in [0.15, 0.2) is 0 Å². The van der Waals surface area contributed by atoms with E-state index in [2.05, 4.69) is 24.9 Å². The highest BCUT2D eigenvalue weighted by Gasteiger charge is 2.09. The summed E-state index contributed by atoms with van der Waals surface area (Å²) in [5.41, 5.74) is 5.47. The molecule has 0 aliphatic rings. The van der Waals surface area contributed by atoms with Gasteiger partial charge in [-0.25, -0.2) is 0 Å². The SMILES string of the molecule is CCCCCCNC(=O)C(N)CS. The van der Waals surface area contributed by atoms with Gasteiger partial charge in [0, 0.05) is 12.3 Å². The summed E-state index contributed by atoms with van der Waals surface area (Å²) in [5.74, 6) is 0.312. The Morgan fingerprint density at radius 3 is 2.69 bits per heavy atom. The number of unbranched alkanes of at least 4 members (excludes halogenated alkanes) is 3. The lowest BCUT2D eigenvalue weighted by Gasteiger charge is -2.08. The van der Waals surface area contributed by atoms with Crippen molar-refractivity contribution < 1.29 is 4.79 Å². The summed E-state index contributed by atoms with van der Waals surface area (Å²) in [6.07, 6.45) is 4.66. The van der Waals surface area contributed by atoms with E-state index >= 15 is 0 Å². The summed E-state index contributed by atoms with van der Waals surface area (Å²) >= 11 is 3.95. The van der Waals surface area contributed by atoms with Crippen LogP contribution < -0.4 is 11.1 Å². The van der Waals surface area contributed by atoms with Crippen LogP contribution in [0.25, 0.3) is 0 Å². The average Bonchev–Trinajstić information content (AvgIpc) is 2.16. The second-order valence-electron chi connectivity index (χ2n) is 3.14. The van der Waals surface area contributed by atoms with E-state index in [1.165, 1.54) is 19.3 Å². The predicted octanol–water partition coefficient (Wildman–Crippen LogP) is 0.940. The lowest BCUT2D eigenvalue weighted by atomic mass is 10.2. The third-order valence-corrected chi connectivity index (χ3v) is 2.26. The van der Waals surface area contributed by atoms with E-state index in [9.17, 15) is 4.79 Å². The maximum atomic E-state index is 11.1. The number of nitrogens with one attached hydrogen (secondary N) is 1. The van der Waals surface area contributed by atoms with Crippen molar-refractivity contribution in [3.63, 3.8) is 0 Å². The van der Waals surface area contributed by atoms with E-state index in [1.807, 2.05) is 0 Å². The number of hydrogen-bond acceptors (Lipinski definition) is 3. The van der Waals surface area contributed by atoms with Crippen LogP contribution in [0.15, 0.2) is 0 Å². The Balaban J connectivity index is 3.27. The van der Waals surface area contributed by atoms with Gasteiger partial charge in [0.1, 0.15) is 0 Å². The molecule has 13 heavy (non-hydrogen) atoms. The van der Waals surface area contributed by atoms with Crippen molar-refractivity contribution >= 4 is 18.5 Å². The Kier molecular flexibility index (Phi) is 8.24. The Labute approximate surface area is 85.9 Å². The maximum absolute atomic E-state index is 11.1. The highest BCUT2D eigenvalue weighted by atomic mass is 32.1. The number of nitrogens with two attached hydrogens (primary N) is 1. The molecule has 0 saturated heterocycles. The Morgan fingerprint density at radius 1 is 1.46 bits per heavy atom. The summed E-state index contributed by atoms with van der Waals surface area (Å²) in [5, 5.41) is 2.78. The molecule has 0 heterocycles. The van der Waals surface area contributed by atoms with Crippen molar-refractivity contribution in [2.75, 3.05) is 12.3 Å². The molecule has 3 nitrogen and oxygen atoms in total. The largest absolute Gasteiger partial charge is 0.355 e. The fourth-order valence-electron chi connectivity index (χ4n) is 0.977. The van der Waals surface area contributed by atoms with Crippen LogP contribution >= 0.6 is 12.6 Å². The van der Waals surface area contributed by atoms with Gasteiger partial charge in [-0.05, 0) is 6.42 Å². The Bertz CT molecular complexity index is 142. The number of carbonyl (C=O) groups is 1. The quantitative estimate of drug-likeness (QED) is 0.427. The highest BCUT2D eigenvalue weighted by molar-refractivity contribution is 7.80. The topological polar surface area (TPSA) is 55.1 Å². The van der Waals surface area contributed by atoms with Crippen molar-refractivity contribution in [1.29, 1.82) is 0 Å². The van der Waals surface area contributed by atoms with Crippen LogP contribution in [-0.2, 0) is 4.79 Å². The van der Waals surface area contributed by atoms with Gasteiger partial charge in [-0.15, -0.1) is 0 Å². The minimum absolute atomic E-state index is 0.0912. The zero-order chi connectivity index (χ0) is 10.1. The minimum atomic E-state index is -0.463. The van der Waals surface area contributed by atoms with Crippen LogP contribution in [0.2, 0.25) is 0 Å². The van der Waals surface area contributed by atoms with Gasteiger partial charge in [-0.2, -0.15) is 12.6 Å². The molecule has 0 fully saturated rings. The summed E-state index contributed by atoms with van der Waals surface area (Å²) in [4.78, 5) is 11.1. The van der Waals surface area contributed by atoms with Crippen LogP contribution in [-0.4, -0.2) is 24.2 Å². The second-order valence-corrected chi connectivity index (χ2v) is 3.51. The third kappa shape index (κ3) is 6.90. The number of hydrogen-bond donors (Lipinski definition) is 3. The molecule has 0 aromatic heterocycles. The summed E-state index contributed by atoms with van der Waals surface area (Å²) in [6.45, 7) is 2.90. The van der Waals surface area contributed by atoms with Crippen molar-refractivity contribution in [2.24, 2.45) is 5.73 Å². The lowest BCUT2D eigenvalue weighted by molar-refractivity contribution is -0.121. The molecule has 0 bridgehead atoms. The molecule has 78 valence electrons. The molecule has 1 atom stereocenters. The molecule has 0 saturated carbocycles. The standard InChI is InChI=1S/C9H20N2OS/c1-2-3-4-5-6-11-9(12)8(10)7-13/h8,13H,2-7,10H2,1H3,(H,11,12). The van der Waals surface area contributed by atoms with E-state index in [1.54, 1.807) is 0 Å². The lowest BCUT2D eigenvalue weighted by Crippen LogP contribution is -2.42. The van der Waals surface area contributed by atoms with E-state index in [4.69, 9.17) is 5.73 Å². The summed E-state index contributed by atoms with van der Waals surface area (Å²) in [7, 11) is 0. The molecule has 1 amide bonds. The van der Waals surface area contributed by atoms with Gasteiger partial charge >= 0.3 is 0 Å². The molecule has 0 aromatic carbocycles. The minimum Gasteiger partial charge on any atom is -0.355 e. The first-order chi connectivity index (χ1) is 6.22. The van der Waals surface area contributed by atoms with Gasteiger partial charge < -0.3 is 11.1 Å². The number of rotatable bonds is 7. The first kappa shape index (κ1) is 12.8. The number of thiol groups is 1. The first-order valence-corrected chi connectivity index (χ1v) is 5.49. The number of amides is 1. The van der Waals surface area contributed by atoms with Crippen molar-refractivity contribution in [3.05, 3.63) is 0 Å². The fraction of sp³-hybridized carbons (Fsp3) is 0.889. The van der Waals surface area contributed by atoms with Gasteiger partial charge in [-0.3, -0.25) is 4.79 Å².